The van der Waals surface area contributed by atoms with E-state index in [0.29, 0.717) is 5.75 Å². The van der Waals surface area contributed by atoms with Crippen LogP contribution in [0.5, 0.6) is 11.5 Å². The quantitative estimate of drug-likeness (QED) is 0.947. The van der Waals surface area contributed by atoms with Crippen molar-refractivity contribution in [2.24, 2.45) is 12.8 Å². The molecule has 2 rings (SSSR count). The number of aryl methyl sites for hydroxylation is 1. The number of halogens is 1. The Balaban J connectivity index is 2.22. The van der Waals surface area contributed by atoms with E-state index >= 15 is 0 Å². The van der Waals surface area contributed by atoms with Crippen LogP contribution in [0.2, 0.25) is 0 Å². The van der Waals surface area contributed by atoms with Gasteiger partial charge in [-0.2, -0.15) is 5.10 Å². The maximum atomic E-state index is 5.81. The minimum atomic E-state index is 0.0127. The van der Waals surface area contributed by atoms with Crippen LogP contribution in [-0.2, 0) is 7.05 Å². The lowest BCUT2D eigenvalue weighted by Gasteiger charge is -2.09. The maximum absolute atomic E-state index is 5.81. The smallest absolute Gasteiger partial charge is 0.165 e. The molecule has 90 valence electrons. The molecular formula is C12H14BrN3O. The van der Waals surface area contributed by atoms with E-state index in [1.165, 1.54) is 0 Å². The number of rotatable bonds is 3. The predicted octanol–water partition coefficient (Wildman–Crippen LogP) is 2.99. The van der Waals surface area contributed by atoms with Crippen molar-refractivity contribution >= 4 is 15.9 Å². The third-order valence-electron chi connectivity index (χ3n) is 2.39. The molecule has 4 nitrogen and oxygen atoms in total. The number of hydrogen-bond acceptors (Lipinski definition) is 3. The van der Waals surface area contributed by atoms with Crippen molar-refractivity contribution in [2.45, 2.75) is 13.0 Å². The van der Waals surface area contributed by atoms with Gasteiger partial charge in [0.25, 0.3) is 0 Å². The van der Waals surface area contributed by atoms with E-state index in [-0.39, 0.29) is 6.04 Å². The Morgan fingerprint density at radius 2 is 2.24 bits per heavy atom. The van der Waals surface area contributed by atoms with Crippen LogP contribution in [0.15, 0.2) is 35.1 Å². The van der Waals surface area contributed by atoms with Gasteiger partial charge in [-0.05, 0) is 40.5 Å². The highest BCUT2D eigenvalue weighted by Gasteiger charge is 2.07. The average molecular weight is 296 g/mol. The summed E-state index contributed by atoms with van der Waals surface area (Å²) >= 11 is 3.47. The first-order valence-corrected chi connectivity index (χ1v) is 6.07. The SMILES string of the molecule is C[C@H](N)c1ccc(Oc2cnn(C)c2)c(Br)c1. The number of nitrogens with two attached hydrogens (primary N) is 1. The maximum Gasteiger partial charge on any atom is 0.165 e. The lowest BCUT2D eigenvalue weighted by molar-refractivity contribution is 0.478. The van der Waals surface area contributed by atoms with Gasteiger partial charge >= 0.3 is 0 Å². The summed E-state index contributed by atoms with van der Waals surface area (Å²) in [6, 6.07) is 5.84. The van der Waals surface area contributed by atoms with Gasteiger partial charge in [0.05, 0.1) is 16.9 Å². The third-order valence-corrected chi connectivity index (χ3v) is 3.01. The van der Waals surface area contributed by atoms with Crippen molar-refractivity contribution in [3.05, 3.63) is 40.6 Å². The van der Waals surface area contributed by atoms with Crippen LogP contribution in [-0.4, -0.2) is 9.78 Å². The monoisotopic (exact) mass is 295 g/mol. The fraction of sp³-hybridized carbons (Fsp3) is 0.250. The highest BCUT2D eigenvalue weighted by Crippen LogP contribution is 2.31. The predicted molar refractivity (Wildman–Crippen MR) is 70.0 cm³/mol. The molecule has 1 aromatic carbocycles. The second kappa shape index (κ2) is 4.89. The number of nitrogens with zero attached hydrogens (tertiary/aromatic N) is 2. The van der Waals surface area contributed by atoms with E-state index < -0.39 is 0 Å². The highest BCUT2D eigenvalue weighted by molar-refractivity contribution is 9.10. The van der Waals surface area contributed by atoms with Crippen LogP contribution in [0, 0.1) is 0 Å². The molecule has 0 spiro atoms. The van der Waals surface area contributed by atoms with E-state index in [1.807, 2.05) is 38.4 Å². The molecule has 5 heteroatoms. The number of hydrogen-bond donors (Lipinski definition) is 1. The summed E-state index contributed by atoms with van der Waals surface area (Å²) in [5.41, 5.74) is 6.88. The van der Waals surface area contributed by atoms with Gasteiger partial charge in [0.2, 0.25) is 0 Å². The molecule has 0 radical (unpaired) electrons. The molecule has 0 aliphatic carbocycles. The molecule has 0 saturated heterocycles. The Hall–Kier alpha value is -1.33. The number of ether oxygens (including phenoxy) is 1. The van der Waals surface area contributed by atoms with Gasteiger partial charge in [-0.25, -0.2) is 0 Å². The van der Waals surface area contributed by atoms with Gasteiger partial charge < -0.3 is 10.5 Å². The van der Waals surface area contributed by atoms with Gasteiger partial charge in [0.15, 0.2) is 5.75 Å². The largest absolute Gasteiger partial charge is 0.453 e. The van der Waals surface area contributed by atoms with Crippen molar-refractivity contribution in [1.29, 1.82) is 0 Å². The molecule has 1 atom stereocenters. The molecular weight excluding hydrogens is 282 g/mol. The van der Waals surface area contributed by atoms with Crippen molar-refractivity contribution in [3.63, 3.8) is 0 Å². The van der Waals surface area contributed by atoms with Crippen molar-refractivity contribution in [2.75, 3.05) is 0 Å². The molecule has 0 saturated carbocycles. The fourth-order valence-electron chi connectivity index (χ4n) is 1.46. The fourth-order valence-corrected chi connectivity index (χ4v) is 1.94. The van der Waals surface area contributed by atoms with Crippen molar-refractivity contribution < 1.29 is 4.74 Å². The molecule has 1 aromatic heterocycles. The lowest BCUT2D eigenvalue weighted by Crippen LogP contribution is -2.04. The first kappa shape index (κ1) is 12.1. The normalized spacial score (nSPS) is 12.5. The summed E-state index contributed by atoms with van der Waals surface area (Å²) in [6.45, 7) is 1.95. The number of aromatic nitrogens is 2. The summed E-state index contributed by atoms with van der Waals surface area (Å²) < 4.78 is 8.27. The minimum absolute atomic E-state index is 0.0127. The molecule has 2 N–H and O–H groups in total. The van der Waals surface area contributed by atoms with Crippen LogP contribution in [0.4, 0.5) is 0 Å². The van der Waals surface area contributed by atoms with Gasteiger partial charge in [0.1, 0.15) is 5.75 Å². The van der Waals surface area contributed by atoms with Crippen molar-refractivity contribution in [3.8, 4) is 11.5 Å². The Bertz CT molecular complexity index is 522. The first-order chi connectivity index (χ1) is 8.06. The van der Waals surface area contributed by atoms with Crippen LogP contribution in [0.3, 0.4) is 0 Å². The summed E-state index contributed by atoms with van der Waals surface area (Å²) in [5, 5.41) is 4.04. The van der Waals surface area contributed by atoms with E-state index in [9.17, 15) is 0 Å². The van der Waals surface area contributed by atoms with E-state index in [2.05, 4.69) is 21.0 Å². The molecule has 2 aromatic rings. The van der Waals surface area contributed by atoms with Gasteiger partial charge in [-0.1, -0.05) is 6.07 Å². The van der Waals surface area contributed by atoms with E-state index in [1.54, 1.807) is 10.9 Å². The van der Waals surface area contributed by atoms with E-state index in [4.69, 9.17) is 10.5 Å². The topological polar surface area (TPSA) is 53.1 Å². The summed E-state index contributed by atoms with van der Waals surface area (Å²) in [5.74, 6) is 1.46. The minimum Gasteiger partial charge on any atom is -0.453 e. The Labute approximate surface area is 109 Å². The van der Waals surface area contributed by atoms with Gasteiger partial charge in [-0.3, -0.25) is 4.68 Å². The average Bonchev–Trinajstić information content (AvgIpc) is 2.67. The zero-order chi connectivity index (χ0) is 12.4. The van der Waals surface area contributed by atoms with E-state index in [0.717, 1.165) is 15.8 Å². The van der Waals surface area contributed by atoms with Crippen LogP contribution < -0.4 is 10.5 Å². The Morgan fingerprint density at radius 3 is 2.76 bits per heavy atom. The summed E-state index contributed by atoms with van der Waals surface area (Å²) in [7, 11) is 1.85. The first-order valence-electron chi connectivity index (χ1n) is 5.28. The molecule has 0 fully saturated rings. The summed E-state index contributed by atoms with van der Waals surface area (Å²) in [4.78, 5) is 0. The second-order valence-electron chi connectivity index (χ2n) is 3.93. The molecule has 0 amide bonds. The molecule has 1 heterocycles. The van der Waals surface area contributed by atoms with Gasteiger partial charge in [-0.15, -0.1) is 0 Å². The highest BCUT2D eigenvalue weighted by atomic mass is 79.9. The number of benzene rings is 1. The van der Waals surface area contributed by atoms with Crippen LogP contribution in [0.1, 0.15) is 18.5 Å². The van der Waals surface area contributed by atoms with Crippen LogP contribution in [0.25, 0.3) is 0 Å². The molecule has 0 aliphatic heterocycles. The third kappa shape index (κ3) is 2.87. The zero-order valence-corrected chi connectivity index (χ0v) is 11.3. The molecule has 0 unspecified atom stereocenters. The standard InChI is InChI=1S/C12H14BrN3O/c1-8(14)9-3-4-12(11(13)5-9)17-10-6-15-16(2)7-10/h3-8H,14H2,1-2H3/t8-/m0/s1. The molecule has 0 bridgehead atoms. The lowest BCUT2D eigenvalue weighted by atomic mass is 10.1. The zero-order valence-electron chi connectivity index (χ0n) is 9.72. The molecule has 17 heavy (non-hydrogen) atoms. The second-order valence-corrected chi connectivity index (χ2v) is 4.78. The van der Waals surface area contributed by atoms with Crippen LogP contribution >= 0.6 is 15.9 Å². The van der Waals surface area contributed by atoms with Gasteiger partial charge in [0, 0.05) is 13.1 Å². The Morgan fingerprint density at radius 1 is 1.47 bits per heavy atom. The molecule has 0 aliphatic rings. The Kier molecular flexibility index (Phi) is 3.49. The van der Waals surface area contributed by atoms with Crippen molar-refractivity contribution in [1.82, 2.24) is 9.78 Å². The summed E-state index contributed by atoms with van der Waals surface area (Å²) in [6.07, 6.45) is 3.48.